The van der Waals surface area contributed by atoms with Gasteiger partial charge in [-0.2, -0.15) is 0 Å². The summed E-state index contributed by atoms with van der Waals surface area (Å²) in [5.41, 5.74) is 1.92. The molecular weight excluding hydrogens is 278 g/mol. The standard InChI is InChI=1S/C18H21NO3/c1-4-17(22-16-11-9-15(21-3)10-12-16)18(20)19-14-7-5-13(2)6-8-14/h5-12,17H,4H2,1-3H3,(H,19,20)/t17-/m1/s1. The van der Waals surface area contributed by atoms with Crippen LogP contribution in [0.25, 0.3) is 0 Å². The van der Waals surface area contributed by atoms with Crippen molar-refractivity contribution in [2.24, 2.45) is 0 Å². The van der Waals surface area contributed by atoms with E-state index in [1.54, 1.807) is 31.4 Å². The number of ether oxygens (including phenoxy) is 2. The van der Waals surface area contributed by atoms with Crippen molar-refractivity contribution in [3.63, 3.8) is 0 Å². The molecule has 4 heteroatoms. The minimum absolute atomic E-state index is 0.151. The predicted molar refractivity (Wildman–Crippen MR) is 87.5 cm³/mol. The zero-order chi connectivity index (χ0) is 15.9. The van der Waals surface area contributed by atoms with E-state index in [-0.39, 0.29) is 5.91 Å². The van der Waals surface area contributed by atoms with Gasteiger partial charge in [0.15, 0.2) is 6.10 Å². The van der Waals surface area contributed by atoms with Crippen molar-refractivity contribution in [3.05, 3.63) is 54.1 Å². The maximum atomic E-state index is 12.3. The van der Waals surface area contributed by atoms with Gasteiger partial charge in [-0.1, -0.05) is 24.6 Å². The molecule has 1 N–H and O–H groups in total. The topological polar surface area (TPSA) is 47.6 Å². The summed E-state index contributed by atoms with van der Waals surface area (Å²) in [4.78, 5) is 12.3. The molecule has 1 atom stereocenters. The van der Waals surface area contributed by atoms with E-state index in [4.69, 9.17) is 9.47 Å². The Balaban J connectivity index is 2.00. The molecule has 4 nitrogen and oxygen atoms in total. The van der Waals surface area contributed by atoms with Crippen LogP contribution in [0.1, 0.15) is 18.9 Å². The lowest BCUT2D eigenvalue weighted by atomic mass is 10.2. The van der Waals surface area contributed by atoms with Crippen LogP contribution in [0, 0.1) is 6.92 Å². The second kappa shape index (κ2) is 7.50. The summed E-state index contributed by atoms with van der Waals surface area (Å²) < 4.78 is 10.9. The summed E-state index contributed by atoms with van der Waals surface area (Å²) in [5.74, 6) is 1.25. The predicted octanol–water partition coefficient (Wildman–Crippen LogP) is 3.80. The number of aryl methyl sites for hydroxylation is 1. The average molecular weight is 299 g/mol. The Morgan fingerprint density at radius 2 is 1.64 bits per heavy atom. The van der Waals surface area contributed by atoms with Gasteiger partial charge in [-0.3, -0.25) is 4.79 Å². The Bertz CT molecular complexity index is 605. The number of carbonyl (C=O) groups excluding carboxylic acids is 1. The van der Waals surface area contributed by atoms with Gasteiger partial charge in [-0.25, -0.2) is 0 Å². The van der Waals surface area contributed by atoms with Crippen LogP contribution in [0.5, 0.6) is 11.5 Å². The molecule has 0 saturated heterocycles. The monoisotopic (exact) mass is 299 g/mol. The molecule has 2 aromatic rings. The van der Waals surface area contributed by atoms with Gasteiger partial charge in [0, 0.05) is 5.69 Å². The van der Waals surface area contributed by atoms with Crippen LogP contribution in [-0.2, 0) is 4.79 Å². The third-order valence-corrected chi connectivity index (χ3v) is 3.32. The first-order chi connectivity index (χ1) is 10.6. The van der Waals surface area contributed by atoms with E-state index < -0.39 is 6.10 Å². The van der Waals surface area contributed by atoms with E-state index in [1.165, 1.54) is 0 Å². The van der Waals surface area contributed by atoms with Crippen LogP contribution >= 0.6 is 0 Å². The number of anilines is 1. The number of amides is 1. The Labute approximate surface area is 131 Å². The normalized spacial score (nSPS) is 11.6. The summed E-state index contributed by atoms with van der Waals surface area (Å²) in [5, 5.41) is 2.87. The third-order valence-electron chi connectivity index (χ3n) is 3.32. The van der Waals surface area contributed by atoms with Crippen LogP contribution in [0.15, 0.2) is 48.5 Å². The van der Waals surface area contributed by atoms with Gasteiger partial charge < -0.3 is 14.8 Å². The zero-order valence-corrected chi connectivity index (χ0v) is 13.1. The third kappa shape index (κ3) is 4.25. The first-order valence-corrected chi connectivity index (χ1v) is 7.30. The molecule has 116 valence electrons. The summed E-state index contributed by atoms with van der Waals surface area (Å²) in [6.45, 7) is 3.93. The van der Waals surface area contributed by atoms with Crippen LogP contribution in [0.4, 0.5) is 5.69 Å². The molecule has 0 unspecified atom stereocenters. The highest BCUT2D eigenvalue weighted by molar-refractivity contribution is 5.94. The number of hydrogen-bond acceptors (Lipinski definition) is 3. The molecule has 0 heterocycles. The molecule has 0 aliphatic heterocycles. The smallest absolute Gasteiger partial charge is 0.265 e. The van der Waals surface area contributed by atoms with Gasteiger partial charge in [0.1, 0.15) is 11.5 Å². The molecule has 0 aliphatic rings. The first-order valence-electron chi connectivity index (χ1n) is 7.30. The van der Waals surface area contributed by atoms with Crippen molar-refractivity contribution in [3.8, 4) is 11.5 Å². The van der Waals surface area contributed by atoms with Crippen LogP contribution in [0.3, 0.4) is 0 Å². The van der Waals surface area contributed by atoms with Gasteiger partial charge >= 0.3 is 0 Å². The minimum atomic E-state index is -0.533. The van der Waals surface area contributed by atoms with Crippen LogP contribution in [-0.4, -0.2) is 19.1 Å². The Kier molecular flexibility index (Phi) is 5.42. The molecule has 2 aromatic carbocycles. The fourth-order valence-electron chi connectivity index (χ4n) is 2.00. The van der Waals surface area contributed by atoms with E-state index in [1.807, 2.05) is 38.1 Å². The molecule has 22 heavy (non-hydrogen) atoms. The molecule has 0 aliphatic carbocycles. The second-order valence-corrected chi connectivity index (χ2v) is 5.05. The van der Waals surface area contributed by atoms with E-state index in [2.05, 4.69) is 5.32 Å². The highest BCUT2D eigenvalue weighted by Gasteiger charge is 2.18. The van der Waals surface area contributed by atoms with Gasteiger partial charge in [-0.15, -0.1) is 0 Å². The lowest BCUT2D eigenvalue weighted by molar-refractivity contribution is -0.122. The van der Waals surface area contributed by atoms with Crippen molar-refractivity contribution in [1.82, 2.24) is 0 Å². The molecule has 0 spiro atoms. The molecule has 0 aromatic heterocycles. The maximum absolute atomic E-state index is 12.3. The number of carbonyl (C=O) groups is 1. The Morgan fingerprint density at radius 1 is 1.05 bits per heavy atom. The molecule has 2 rings (SSSR count). The first kappa shape index (κ1) is 15.9. The van der Waals surface area contributed by atoms with E-state index in [0.29, 0.717) is 12.2 Å². The number of benzene rings is 2. The highest BCUT2D eigenvalue weighted by atomic mass is 16.5. The highest BCUT2D eigenvalue weighted by Crippen LogP contribution is 2.19. The van der Waals surface area contributed by atoms with Crippen LogP contribution in [0.2, 0.25) is 0 Å². The van der Waals surface area contributed by atoms with Gasteiger partial charge in [0.2, 0.25) is 0 Å². The molecule has 1 amide bonds. The van der Waals surface area contributed by atoms with Crippen LogP contribution < -0.4 is 14.8 Å². The maximum Gasteiger partial charge on any atom is 0.265 e. The lowest BCUT2D eigenvalue weighted by Crippen LogP contribution is -2.32. The Morgan fingerprint density at radius 3 is 2.18 bits per heavy atom. The number of nitrogens with one attached hydrogen (secondary N) is 1. The van der Waals surface area contributed by atoms with Crippen molar-refractivity contribution in [1.29, 1.82) is 0 Å². The molecule has 0 bridgehead atoms. The largest absolute Gasteiger partial charge is 0.497 e. The minimum Gasteiger partial charge on any atom is -0.497 e. The molecule has 0 radical (unpaired) electrons. The fraction of sp³-hybridized carbons (Fsp3) is 0.278. The van der Waals surface area contributed by atoms with Gasteiger partial charge in [0.25, 0.3) is 5.91 Å². The summed E-state index contributed by atoms with van der Waals surface area (Å²) >= 11 is 0. The number of methoxy groups -OCH3 is 1. The number of rotatable bonds is 6. The van der Waals surface area contributed by atoms with Crippen molar-refractivity contribution in [2.75, 3.05) is 12.4 Å². The van der Waals surface area contributed by atoms with Crippen molar-refractivity contribution in [2.45, 2.75) is 26.4 Å². The SMILES string of the molecule is CC[C@@H](Oc1ccc(OC)cc1)C(=O)Nc1ccc(C)cc1. The Hall–Kier alpha value is -2.49. The molecular formula is C18H21NO3. The second-order valence-electron chi connectivity index (χ2n) is 5.05. The van der Waals surface area contributed by atoms with Gasteiger partial charge in [-0.05, 0) is 49.7 Å². The van der Waals surface area contributed by atoms with E-state index in [0.717, 1.165) is 17.0 Å². The van der Waals surface area contributed by atoms with E-state index in [9.17, 15) is 4.79 Å². The lowest BCUT2D eigenvalue weighted by Gasteiger charge is -2.17. The molecule has 0 saturated carbocycles. The number of hydrogen-bond donors (Lipinski definition) is 1. The summed E-state index contributed by atoms with van der Waals surface area (Å²) in [6, 6.07) is 14.9. The fourth-order valence-corrected chi connectivity index (χ4v) is 2.00. The summed E-state index contributed by atoms with van der Waals surface area (Å²) in [6.07, 6.45) is 0.0543. The van der Waals surface area contributed by atoms with Gasteiger partial charge in [0.05, 0.1) is 7.11 Å². The zero-order valence-electron chi connectivity index (χ0n) is 13.1. The summed E-state index contributed by atoms with van der Waals surface area (Å²) in [7, 11) is 1.61. The molecule has 0 fully saturated rings. The quantitative estimate of drug-likeness (QED) is 0.882. The van der Waals surface area contributed by atoms with Crippen molar-refractivity contribution >= 4 is 11.6 Å². The average Bonchev–Trinajstić information content (AvgIpc) is 2.55. The van der Waals surface area contributed by atoms with E-state index >= 15 is 0 Å². The van der Waals surface area contributed by atoms with Crippen molar-refractivity contribution < 1.29 is 14.3 Å².